The summed E-state index contributed by atoms with van der Waals surface area (Å²) in [6, 6.07) is 21.4. The molecular formula is C30H36ClN3O4S. The minimum absolute atomic E-state index is 0.00933. The third-order valence-electron chi connectivity index (χ3n) is 6.14. The van der Waals surface area contributed by atoms with Crippen LogP contribution in [0.2, 0.25) is 5.02 Å². The fourth-order valence-corrected chi connectivity index (χ4v) is 5.85. The Balaban J connectivity index is 2.07. The molecule has 0 aliphatic carbocycles. The van der Waals surface area contributed by atoms with Gasteiger partial charge in [-0.05, 0) is 75.6 Å². The summed E-state index contributed by atoms with van der Waals surface area (Å²) in [7, 11) is -4.15. The van der Waals surface area contributed by atoms with E-state index in [1.54, 1.807) is 31.2 Å². The van der Waals surface area contributed by atoms with Gasteiger partial charge >= 0.3 is 0 Å². The molecule has 0 radical (unpaired) electrons. The van der Waals surface area contributed by atoms with Crippen LogP contribution in [0.15, 0.2) is 83.8 Å². The maximum atomic E-state index is 14.1. The Morgan fingerprint density at radius 2 is 1.51 bits per heavy atom. The number of rotatable bonds is 10. The number of sulfonamides is 1. The van der Waals surface area contributed by atoms with Crippen LogP contribution in [-0.4, -0.2) is 43.3 Å². The molecule has 0 fully saturated rings. The number of carbonyl (C=O) groups is 2. The van der Waals surface area contributed by atoms with Crippen molar-refractivity contribution in [3.63, 3.8) is 0 Å². The molecule has 2 amide bonds. The summed E-state index contributed by atoms with van der Waals surface area (Å²) in [5.41, 5.74) is 1.40. The van der Waals surface area contributed by atoms with E-state index >= 15 is 0 Å². The van der Waals surface area contributed by atoms with Gasteiger partial charge in [-0.2, -0.15) is 0 Å². The first-order valence-electron chi connectivity index (χ1n) is 12.8. The van der Waals surface area contributed by atoms with Crippen LogP contribution in [0.3, 0.4) is 0 Å². The molecule has 0 aliphatic heterocycles. The molecule has 7 nitrogen and oxygen atoms in total. The Hall–Kier alpha value is -3.36. The molecule has 0 aromatic heterocycles. The Morgan fingerprint density at radius 1 is 0.923 bits per heavy atom. The van der Waals surface area contributed by atoms with Gasteiger partial charge in [0.1, 0.15) is 12.6 Å². The summed E-state index contributed by atoms with van der Waals surface area (Å²) in [6.07, 6.45) is 0.356. The van der Waals surface area contributed by atoms with Crippen LogP contribution in [0, 0.1) is 6.92 Å². The largest absolute Gasteiger partial charge is 0.350 e. The minimum Gasteiger partial charge on any atom is -0.350 e. The highest BCUT2D eigenvalue weighted by Crippen LogP contribution is 2.28. The summed E-state index contributed by atoms with van der Waals surface area (Å²) in [5, 5.41) is 3.37. The first kappa shape index (κ1) is 30.2. The van der Waals surface area contributed by atoms with E-state index in [1.165, 1.54) is 29.2 Å². The van der Waals surface area contributed by atoms with Gasteiger partial charge < -0.3 is 10.2 Å². The average Bonchev–Trinajstić information content (AvgIpc) is 2.87. The standard InChI is InChI=1S/C30H36ClN3O4S/c1-6-26(29(36)32-30(3,4)5)33(20-23-13-8-7-9-14-23)28(35)21-34(27-15-11-10-12-22(27)2)39(37,38)25-18-16-24(31)17-19-25/h7-19,26H,6,20-21H2,1-5H3,(H,32,36). The molecule has 208 valence electrons. The predicted molar refractivity (Wildman–Crippen MR) is 156 cm³/mol. The molecule has 0 heterocycles. The maximum Gasteiger partial charge on any atom is 0.264 e. The number of benzene rings is 3. The lowest BCUT2D eigenvalue weighted by atomic mass is 10.1. The molecule has 9 heteroatoms. The number of hydrogen-bond acceptors (Lipinski definition) is 4. The summed E-state index contributed by atoms with van der Waals surface area (Å²) in [6.45, 7) is 8.92. The van der Waals surface area contributed by atoms with Crippen LogP contribution < -0.4 is 9.62 Å². The second-order valence-electron chi connectivity index (χ2n) is 10.4. The Bertz CT molecular complexity index is 1390. The van der Waals surface area contributed by atoms with Crippen LogP contribution in [0.4, 0.5) is 5.69 Å². The van der Waals surface area contributed by atoms with Crippen molar-refractivity contribution in [2.45, 2.75) is 64.1 Å². The zero-order chi connectivity index (χ0) is 28.8. The van der Waals surface area contributed by atoms with Crippen LogP contribution in [-0.2, 0) is 26.2 Å². The molecule has 0 saturated heterocycles. The minimum atomic E-state index is -4.15. The Morgan fingerprint density at radius 3 is 2.08 bits per heavy atom. The number of amides is 2. The third-order valence-corrected chi connectivity index (χ3v) is 8.17. The number of nitrogens with one attached hydrogen (secondary N) is 1. The monoisotopic (exact) mass is 569 g/mol. The van der Waals surface area contributed by atoms with Crippen molar-refractivity contribution in [3.8, 4) is 0 Å². The summed E-state index contributed by atoms with van der Waals surface area (Å²) in [5.74, 6) is -0.784. The molecular weight excluding hydrogens is 534 g/mol. The van der Waals surface area contributed by atoms with Crippen molar-refractivity contribution >= 4 is 39.1 Å². The molecule has 0 spiro atoms. The van der Waals surface area contributed by atoms with Crippen molar-refractivity contribution in [2.24, 2.45) is 0 Å². The van der Waals surface area contributed by atoms with Crippen LogP contribution in [0.5, 0.6) is 0 Å². The number of aryl methyl sites for hydroxylation is 1. The number of halogens is 1. The molecule has 3 aromatic rings. The van der Waals surface area contributed by atoms with Gasteiger partial charge in [0.2, 0.25) is 11.8 Å². The number of anilines is 1. The van der Waals surface area contributed by atoms with Gasteiger partial charge in [-0.1, -0.05) is 67.1 Å². The maximum absolute atomic E-state index is 14.1. The van der Waals surface area contributed by atoms with Crippen molar-refractivity contribution < 1.29 is 18.0 Å². The first-order valence-corrected chi connectivity index (χ1v) is 14.6. The lowest BCUT2D eigenvalue weighted by molar-refractivity contribution is -0.141. The second kappa shape index (κ2) is 12.7. The quantitative estimate of drug-likeness (QED) is 0.346. The van der Waals surface area contributed by atoms with Gasteiger partial charge in [0.15, 0.2) is 0 Å². The zero-order valence-electron chi connectivity index (χ0n) is 23.0. The third kappa shape index (κ3) is 7.83. The van der Waals surface area contributed by atoms with Crippen molar-refractivity contribution in [2.75, 3.05) is 10.8 Å². The number of hydrogen-bond donors (Lipinski definition) is 1. The summed E-state index contributed by atoms with van der Waals surface area (Å²) in [4.78, 5) is 28.9. The van der Waals surface area contributed by atoms with Crippen molar-refractivity contribution in [3.05, 3.63) is 95.0 Å². The molecule has 3 aromatic carbocycles. The van der Waals surface area contributed by atoms with E-state index in [2.05, 4.69) is 5.32 Å². The van der Waals surface area contributed by atoms with Crippen LogP contribution >= 0.6 is 11.6 Å². The number of carbonyl (C=O) groups excluding carboxylic acids is 2. The van der Waals surface area contributed by atoms with E-state index in [4.69, 9.17) is 11.6 Å². The Kier molecular flexibility index (Phi) is 9.80. The van der Waals surface area contributed by atoms with Crippen molar-refractivity contribution in [1.29, 1.82) is 0 Å². The van der Waals surface area contributed by atoms with E-state index in [9.17, 15) is 18.0 Å². The lowest BCUT2D eigenvalue weighted by Gasteiger charge is -2.35. The molecule has 0 aliphatic rings. The highest BCUT2D eigenvalue weighted by atomic mass is 35.5. The second-order valence-corrected chi connectivity index (χ2v) is 12.7. The fraction of sp³-hybridized carbons (Fsp3) is 0.333. The molecule has 0 saturated carbocycles. The number of para-hydroxylation sites is 1. The average molecular weight is 570 g/mol. The normalized spacial score (nSPS) is 12.5. The Labute approximate surface area is 236 Å². The van der Waals surface area contributed by atoms with Crippen LogP contribution in [0.1, 0.15) is 45.2 Å². The van der Waals surface area contributed by atoms with E-state index in [0.717, 1.165) is 9.87 Å². The van der Waals surface area contributed by atoms with Gasteiger partial charge in [-0.25, -0.2) is 8.42 Å². The highest BCUT2D eigenvalue weighted by molar-refractivity contribution is 7.92. The van der Waals surface area contributed by atoms with Crippen LogP contribution in [0.25, 0.3) is 0 Å². The van der Waals surface area contributed by atoms with E-state index in [1.807, 2.05) is 58.0 Å². The van der Waals surface area contributed by atoms with Gasteiger partial charge in [0.25, 0.3) is 10.0 Å². The molecule has 0 bridgehead atoms. The topological polar surface area (TPSA) is 86.8 Å². The molecule has 1 unspecified atom stereocenters. The molecule has 1 atom stereocenters. The van der Waals surface area contributed by atoms with E-state index in [0.29, 0.717) is 22.7 Å². The smallest absolute Gasteiger partial charge is 0.264 e. The zero-order valence-corrected chi connectivity index (χ0v) is 24.6. The predicted octanol–water partition coefficient (Wildman–Crippen LogP) is 5.57. The molecule has 39 heavy (non-hydrogen) atoms. The summed E-state index contributed by atoms with van der Waals surface area (Å²) >= 11 is 6.01. The molecule has 1 N–H and O–H groups in total. The van der Waals surface area contributed by atoms with E-state index < -0.39 is 34.1 Å². The van der Waals surface area contributed by atoms with E-state index in [-0.39, 0.29) is 17.3 Å². The summed E-state index contributed by atoms with van der Waals surface area (Å²) < 4.78 is 28.9. The molecule has 3 rings (SSSR count). The van der Waals surface area contributed by atoms with Gasteiger partial charge in [-0.15, -0.1) is 0 Å². The van der Waals surface area contributed by atoms with Crippen molar-refractivity contribution in [1.82, 2.24) is 10.2 Å². The fourth-order valence-electron chi connectivity index (χ4n) is 4.24. The SMILES string of the molecule is CCC(C(=O)NC(C)(C)C)N(Cc1ccccc1)C(=O)CN(c1ccccc1C)S(=O)(=O)c1ccc(Cl)cc1. The van der Waals surface area contributed by atoms with Gasteiger partial charge in [-0.3, -0.25) is 13.9 Å². The number of nitrogens with zero attached hydrogens (tertiary/aromatic N) is 2. The van der Waals surface area contributed by atoms with Gasteiger partial charge in [0.05, 0.1) is 10.6 Å². The lowest BCUT2D eigenvalue weighted by Crippen LogP contribution is -2.55. The first-order chi connectivity index (χ1) is 18.3. The van der Waals surface area contributed by atoms with Gasteiger partial charge in [0, 0.05) is 17.1 Å². The highest BCUT2D eigenvalue weighted by Gasteiger charge is 2.35.